The van der Waals surface area contributed by atoms with E-state index >= 15 is 0 Å². The van der Waals surface area contributed by atoms with E-state index in [2.05, 4.69) is 18.4 Å². The van der Waals surface area contributed by atoms with Crippen LogP contribution >= 0.6 is 22.7 Å². The molecule has 102 valence electrons. The van der Waals surface area contributed by atoms with Gasteiger partial charge in [0, 0.05) is 4.88 Å². The molecule has 0 aliphatic heterocycles. The fraction of sp³-hybridized carbons (Fsp3) is 0.357. The predicted octanol–water partition coefficient (Wildman–Crippen LogP) is 4.11. The zero-order chi connectivity index (χ0) is 14.0. The molecule has 0 fully saturated rings. The van der Waals surface area contributed by atoms with Gasteiger partial charge in [0.05, 0.1) is 17.2 Å². The first kappa shape index (κ1) is 14.1. The molecule has 5 heteroatoms. The highest BCUT2D eigenvalue weighted by Crippen LogP contribution is 2.42. The third kappa shape index (κ3) is 2.53. The summed E-state index contributed by atoms with van der Waals surface area (Å²) in [5, 5.41) is 2.08. The lowest BCUT2D eigenvalue weighted by atomic mass is 10.1. The molecule has 0 aliphatic carbocycles. The van der Waals surface area contributed by atoms with Gasteiger partial charge in [-0.05, 0) is 42.8 Å². The third-order valence-corrected chi connectivity index (χ3v) is 5.40. The minimum absolute atomic E-state index is 0.325. The van der Waals surface area contributed by atoms with E-state index in [1.165, 1.54) is 21.8 Å². The summed E-state index contributed by atoms with van der Waals surface area (Å²) >= 11 is 3.12. The molecule has 2 aromatic heterocycles. The van der Waals surface area contributed by atoms with Gasteiger partial charge >= 0.3 is 5.97 Å². The van der Waals surface area contributed by atoms with E-state index in [0.29, 0.717) is 17.2 Å². The van der Waals surface area contributed by atoms with Crippen LogP contribution in [0.5, 0.6) is 0 Å². The van der Waals surface area contributed by atoms with Crippen LogP contribution in [0.25, 0.3) is 9.75 Å². The van der Waals surface area contributed by atoms with Gasteiger partial charge in [-0.1, -0.05) is 6.92 Å². The van der Waals surface area contributed by atoms with Gasteiger partial charge in [0.1, 0.15) is 4.88 Å². The monoisotopic (exact) mass is 295 g/mol. The van der Waals surface area contributed by atoms with Crippen LogP contribution in [0.4, 0.5) is 5.69 Å². The molecule has 2 aromatic rings. The number of esters is 1. The Balaban J connectivity index is 2.49. The first-order chi connectivity index (χ1) is 9.10. The predicted molar refractivity (Wildman–Crippen MR) is 82.1 cm³/mol. The van der Waals surface area contributed by atoms with Gasteiger partial charge in [0.2, 0.25) is 0 Å². The maximum absolute atomic E-state index is 11.9. The van der Waals surface area contributed by atoms with Crippen molar-refractivity contribution in [1.82, 2.24) is 0 Å². The summed E-state index contributed by atoms with van der Waals surface area (Å²) in [7, 11) is 0. The highest BCUT2D eigenvalue weighted by molar-refractivity contribution is 7.23. The van der Waals surface area contributed by atoms with E-state index in [1.807, 2.05) is 6.92 Å². The third-order valence-electron chi connectivity index (χ3n) is 2.99. The van der Waals surface area contributed by atoms with Crippen LogP contribution in [0, 0.1) is 6.92 Å². The number of anilines is 1. The van der Waals surface area contributed by atoms with Crippen LogP contribution in [-0.4, -0.2) is 12.6 Å². The Bertz CT molecular complexity index is 599. The summed E-state index contributed by atoms with van der Waals surface area (Å²) < 4.78 is 5.05. The second kappa shape index (κ2) is 5.75. The molecule has 0 aliphatic rings. The second-order valence-corrected chi connectivity index (χ2v) is 6.08. The van der Waals surface area contributed by atoms with Gasteiger partial charge in [0.15, 0.2) is 0 Å². The van der Waals surface area contributed by atoms with Crippen LogP contribution in [0.3, 0.4) is 0 Å². The summed E-state index contributed by atoms with van der Waals surface area (Å²) in [4.78, 5) is 14.7. The number of rotatable bonds is 4. The van der Waals surface area contributed by atoms with Crippen LogP contribution in [0.15, 0.2) is 11.4 Å². The van der Waals surface area contributed by atoms with Gasteiger partial charge in [-0.25, -0.2) is 4.79 Å². The average molecular weight is 295 g/mol. The van der Waals surface area contributed by atoms with Crippen LogP contribution in [0.1, 0.15) is 34.6 Å². The Labute approximate surface area is 121 Å². The van der Waals surface area contributed by atoms with E-state index in [4.69, 9.17) is 10.5 Å². The van der Waals surface area contributed by atoms with Crippen molar-refractivity contribution in [3.05, 3.63) is 27.5 Å². The summed E-state index contributed by atoms with van der Waals surface area (Å²) in [5.41, 5.74) is 8.87. The Hall–Kier alpha value is -1.33. The molecule has 0 spiro atoms. The van der Waals surface area contributed by atoms with Crippen LogP contribution in [-0.2, 0) is 11.2 Å². The van der Waals surface area contributed by atoms with Crippen molar-refractivity contribution in [2.24, 2.45) is 0 Å². The minimum Gasteiger partial charge on any atom is -0.462 e. The van der Waals surface area contributed by atoms with Crippen molar-refractivity contribution in [3.8, 4) is 9.75 Å². The zero-order valence-corrected chi connectivity index (χ0v) is 12.9. The first-order valence-electron chi connectivity index (χ1n) is 6.22. The van der Waals surface area contributed by atoms with Gasteiger partial charge in [-0.3, -0.25) is 0 Å². The molecule has 0 radical (unpaired) electrons. The van der Waals surface area contributed by atoms with Crippen LogP contribution < -0.4 is 5.73 Å². The average Bonchev–Trinajstić information content (AvgIpc) is 2.96. The normalized spacial score (nSPS) is 10.7. The zero-order valence-electron chi connectivity index (χ0n) is 11.3. The lowest BCUT2D eigenvalue weighted by molar-refractivity contribution is 0.0533. The van der Waals surface area contributed by atoms with Crippen molar-refractivity contribution in [2.45, 2.75) is 27.2 Å². The molecule has 2 heterocycles. The highest BCUT2D eigenvalue weighted by atomic mass is 32.1. The number of carbonyl (C=O) groups excluding carboxylic acids is 1. The molecule has 0 saturated heterocycles. The minimum atomic E-state index is -0.325. The summed E-state index contributed by atoms with van der Waals surface area (Å²) in [6.45, 7) is 6.25. The fourth-order valence-electron chi connectivity index (χ4n) is 1.90. The number of thiophene rings is 2. The van der Waals surface area contributed by atoms with E-state index in [1.54, 1.807) is 18.3 Å². The summed E-state index contributed by atoms with van der Waals surface area (Å²) in [5.74, 6) is -0.325. The molecule has 0 aromatic carbocycles. The van der Waals surface area contributed by atoms with Gasteiger partial charge in [-0.2, -0.15) is 0 Å². The Kier molecular flexibility index (Phi) is 4.27. The van der Waals surface area contributed by atoms with E-state index in [9.17, 15) is 4.79 Å². The van der Waals surface area contributed by atoms with Gasteiger partial charge < -0.3 is 10.5 Å². The first-order valence-corrected chi connectivity index (χ1v) is 7.92. The maximum Gasteiger partial charge on any atom is 0.350 e. The summed E-state index contributed by atoms with van der Waals surface area (Å²) in [6, 6.07) is 2.12. The largest absolute Gasteiger partial charge is 0.462 e. The molecule has 0 unspecified atom stereocenters. The Morgan fingerprint density at radius 3 is 2.74 bits per heavy atom. The number of carbonyl (C=O) groups is 1. The maximum atomic E-state index is 11.9. The van der Waals surface area contributed by atoms with Gasteiger partial charge in [0.25, 0.3) is 0 Å². The molecule has 19 heavy (non-hydrogen) atoms. The fourth-order valence-corrected chi connectivity index (χ4v) is 4.26. The smallest absolute Gasteiger partial charge is 0.350 e. The Morgan fingerprint density at radius 2 is 2.11 bits per heavy atom. The molecule has 2 rings (SSSR count). The molecular formula is C14H17NO2S2. The molecular weight excluding hydrogens is 278 g/mol. The lowest BCUT2D eigenvalue weighted by Gasteiger charge is -2.00. The lowest BCUT2D eigenvalue weighted by Crippen LogP contribution is -2.05. The quantitative estimate of drug-likeness (QED) is 0.864. The standard InChI is InChI=1S/C14H17NO2S2/c1-4-9-6-7-18-12(9)11-8(3)10(15)13(19-11)14(16)17-5-2/h6-7H,4-5,15H2,1-3H3. The number of nitrogen functional groups attached to an aromatic ring is 1. The van der Waals surface area contributed by atoms with Crippen molar-refractivity contribution < 1.29 is 9.53 Å². The van der Waals surface area contributed by atoms with E-state index in [0.717, 1.165) is 16.9 Å². The molecule has 0 bridgehead atoms. The van der Waals surface area contributed by atoms with Crippen molar-refractivity contribution >= 4 is 34.3 Å². The topological polar surface area (TPSA) is 52.3 Å². The highest BCUT2D eigenvalue weighted by Gasteiger charge is 2.21. The van der Waals surface area contributed by atoms with E-state index in [-0.39, 0.29) is 5.97 Å². The van der Waals surface area contributed by atoms with Gasteiger partial charge in [-0.15, -0.1) is 22.7 Å². The molecule has 0 saturated carbocycles. The Morgan fingerprint density at radius 1 is 1.37 bits per heavy atom. The second-order valence-electron chi connectivity index (χ2n) is 4.15. The molecule has 0 atom stereocenters. The number of hydrogen-bond donors (Lipinski definition) is 1. The van der Waals surface area contributed by atoms with Crippen LogP contribution in [0.2, 0.25) is 0 Å². The SMILES string of the molecule is CCOC(=O)c1sc(-c2sccc2CC)c(C)c1N. The van der Waals surface area contributed by atoms with Crippen molar-refractivity contribution in [3.63, 3.8) is 0 Å². The van der Waals surface area contributed by atoms with Crippen molar-refractivity contribution in [1.29, 1.82) is 0 Å². The molecule has 2 N–H and O–H groups in total. The molecule has 0 amide bonds. The number of ether oxygens (including phenoxy) is 1. The molecule has 3 nitrogen and oxygen atoms in total. The number of nitrogens with two attached hydrogens (primary N) is 1. The number of aryl methyl sites for hydroxylation is 1. The summed E-state index contributed by atoms with van der Waals surface area (Å²) in [6.07, 6.45) is 0.977. The number of hydrogen-bond acceptors (Lipinski definition) is 5. The van der Waals surface area contributed by atoms with E-state index < -0.39 is 0 Å². The van der Waals surface area contributed by atoms with Crippen molar-refractivity contribution in [2.75, 3.05) is 12.3 Å².